The molecule has 8 nitrogen and oxygen atoms in total. The van der Waals surface area contributed by atoms with E-state index in [-0.39, 0.29) is 45.5 Å². The van der Waals surface area contributed by atoms with Gasteiger partial charge in [-0.2, -0.15) is 0 Å². The molecule has 1 aromatic rings. The van der Waals surface area contributed by atoms with Crippen LogP contribution in [0, 0.1) is 56.2 Å². The van der Waals surface area contributed by atoms with Crippen molar-refractivity contribution in [1.29, 1.82) is 0 Å². The maximum Gasteiger partial charge on any atom is 0.309 e. The first-order valence-corrected chi connectivity index (χ1v) is 23.0. The Balaban J connectivity index is 1.13. The van der Waals surface area contributed by atoms with Crippen molar-refractivity contribution < 1.29 is 29.0 Å². The predicted molar refractivity (Wildman–Crippen MR) is 229 cm³/mol. The van der Waals surface area contributed by atoms with E-state index in [9.17, 15) is 19.5 Å². The number of rotatable bonds is 13. The fourth-order valence-electron chi connectivity index (χ4n) is 14.5. The van der Waals surface area contributed by atoms with Gasteiger partial charge in [0.1, 0.15) is 6.10 Å². The van der Waals surface area contributed by atoms with Gasteiger partial charge in [0.05, 0.1) is 25.0 Å². The van der Waals surface area contributed by atoms with Crippen LogP contribution in [0.25, 0.3) is 0 Å². The highest BCUT2D eigenvalue weighted by molar-refractivity contribution is 6.00. The van der Waals surface area contributed by atoms with Gasteiger partial charge < -0.3 is 14.6 Å². The molecule has 6 aliphatic rings. The molecular weight excluding hydrogens is 725 g/mol. The molecule has 7 rings (SSSR count). The molecule has 0 bridgehead atoms. The molecule has 322 valence electrons. The van der Waals surface area contributed by atoms with Crippen molar-refractivity contribution in [1.82, 2.24) is 9.80 Å². The number of carbonyl (C=O) groups excluding carboxylic acids is 2. The summed E-state index contributed by atoms with van der Waals surface area (Å²) >= 11 is 0. The van der Waals surface area contributed by atoms with Gasteiger partial charge in [-0.1, -0.05) is 84.4 Å². The summed E-state index contributed by atoms with van der Waals surface area (Å²) in [5.41, 5.74) is 3.03. The van der Waals surface area contributed by atoms with Gasteiger partial charge in [0.2, 0.25) is 0 Å². The first-order valence-electron chi connectivity index (χ1n) is 23.0. The quantitative estimate of drug-likeness (QED) is 0.197. The number of carbonyl (C=O) groups is 3. The minimum absolute atomic E-state index is 0.0573. The smallest absolute Gasteiger partial charge is 0.309 e. The standard InChI is InChI=1S/C50H76N2O6/c1-34(2)42-37(53)31-50(23-24-52(33-35-13-11-10-12-14-35)26-25-51-27-29-57-30-28-51)22-21-48(8)36(43(42)50)15-16-39-47(7)19-18-40(58-41(54)32-45(3,4)44(55)56)46(5,6)38(47)17-20-49(39,48)9/h10-14,34,36,38-40H,15-33H2,1-9H3,(H,55,56)/t36?,38?,39?,40?,47?,48-,49?,50?/m1/s1. The lowest BCUT2D eigenvalue weighted by Crippen LogP contribution is -2.65. The fraction of sp³-hybridized carbons (Fsp3) is 0.780. The lowest BCUT2D eigenvalue weighted by Gasteiger charge is -2.72. The maximum atomic E-state index is 14.4. The van der Waals surface area contributed by atoms with Crippen molar-refractivity contribution >= 4 is 17.7 Å². The summed E-state index contributed by atoms with van der Waals surface area (Å²) in [6.45, 7) is 27.8. The molecule has 1 saturated heterocycles. The summed E-state index contributed by atoms with van der Waals surface area (Å²) in [5, 5.41) is 9.67. The fourth-order valence-corrected chi connectivity index (χ4v) is 14.5. The topological polar surface area (TPSA) is 96.4 Å². The Bertz CT molecular complexity index is 1730. The SMILES string of the molecule is CC(C)C1=C2C3CCC4C5(C)CCC(OC(=O)CC(C)(C)C(=O)O)C(C)(C)C5CCC4(C)[C@]3(C)CCC2(CCN(CCN2CCOCC2)Cc2ccccc2)CC1=O. The van der Waals surface area contributed by atoms with Crippen LogP contribution in [0.5, 0.6) is 0 Å². The molecule has 8 heteroatoms. The molecular formula is C50H76N2O6. The number of hydrogen-bond acceptors (Lipinski definition) is 7. The summed E-state index contributed by atoms with van der Waals surface area (Å²) in [5.74, 6) is 0.661. The van der Waals surface area contributed by atoms with Crippen LogP contribution < -0.4 is 0 Å². The van der Waals surface area contributed by atoms with Crippen molar-refractivity contribution in [3.63, 3.8) is 0 Å². The third kappa shape index (κ3) is 7.56. The average molecular weight is 801 g/mol. The number of fused-ring (bicyclic) bond motifs is 7. The highest BCUT2D eigenvalue weighted by atomic mass is 16.5. The Morgan fingerprint density at radius 3 is 2.29 bits per heavy atom. The number of benzene rings is 1. The van der Waals surface area contributed by atoms with Crippen molar-refractivity contribution in [2.45, 2.75) is 146 Å². The Morgan fingerprint density at radius 1 is 0.914 bits per heavy atom. The third-order valence-electron chi connectivity index (χ3n) is 17.9. The zero-order valence-corrected chi connectivity index (χ0v) is 37.6. The first kappa shape index (κ1) is 43.5. The number of morpholine rings is 1. The van der Waals surface area contributed by atoms with E-state index in [4.69, 9.17) is 9.47 Å². The minimum Gasteiger partial charge on any atom is -0.481 e. The van der Waals surface area contributed by atoms with Crippen LogP contribution in [0.15, 0.2) is 41.5 Å². The predicted octanol–water partition coefficient (Wildman–Crippen LogP) is 9.60. The van der Waals surface area contributed by atoms with Crippen molar-refractivity contribution in [2.24, 2.45) is 56.2 Å². The number of Topliss-reactive ketones (excluding diaryl/α,β-unsaturated/α-hetero) is 1. The van der Waals surface area contributed by atoms with Crippen molar-refractivity contribution in [2.75, 3.05) is 45.9 Å². The van der Waals surface area contributed by atoms with Crippen LogP contribution in [0.2, 0.25) is 0 Å². The van der Waals surface area contributed by atoms with E-state index in [1.165, 1.54) is 24.0 Å². The van der Waals surface area contributed by atoms with Crippen LogP contribution in [-0.4, -0.2) is 84.7 Å². The molecule has 1 aromatic carbocycles. The molecule has 1 N–H and O–H groups in total. The van der Waals surface area contributed by atoms with Crippen molar-refractivity contribution in [3.8, 4) is 0 Å². The van der Waals surface area contributed by atoms with Gasteiger partial charge in [-0.05, 0) is 129 Å². The Labute approximate surface area is 350 Å². The normalized spacial score (nSPS) is 36.3. The number of hydrogen-bond donors (Lipinski definition) is 1. The van der Waals surface area contributed by atoms with Gasteiger partial charge in [-0.3, -0.25) is 24.2 Å². The van der Waals surface area contributed by atoms with E-state index in [0.717, 1.165) is 97.4 Å². The van der Waals surface area contributed by atoms with E-state index in [1.807, 2.05) is 0 Å². The minimum atomic E-state index is -1.15. The summed E-state index contributed by atoms with van der Waals surface area (Å²) < 4.78 is 11.9. The number of carboxylic acid groups (broad SMARTS) is 1. The van der Waals surface area contributed by atoms with Gasteiger partial charge in [0, 0.05) is 50.0 Å². The number of allylic oxidation sites excluding steroid dienone is 2. The second-order valence-corrected chi connectivity index (χ2v) is 22.1. The molecule has 8 atom stereocenters. The Morgan fingerprint density at radius 2 is 1.62 bits per heavy atom. The van der Waals surface area contributed by atoms with Crippen molar-refractivity contribution in [3.05, 3.63) is 47.0 Å². The number of ketones is 1. The van der Waals surface area contributed by atoms with Gasteiger partial charge in [0.25, 0.3) is 0 Å². The summed E-state index contributed by atoms with van der Waals surface area (Å²) in [6.07, 6.45) is 10.1. The average Bonchev–Trinajstić information content (AvgIpc) is 3.47. The second-order valence-electron chi connectivity index (χ2n) is 22.1. The largest absolute Gasteiger partial charge is 0.481 e. The Hall–Kier alpha value is -2.55. The van der Waals surface area contributed by atoms with E-state index in [1.54, 1.807) is 19.4 Å². The van der Waals surface area contributed by atoms with Gasteiger partial charge in [0.15, 0.2) is 5.78 Å². The Kier molecular flexibility index (Phi) is 12.0. The summed E-state index contributed by atoms with van der Waals surface area (Å²) in [4.78, 5) is 44.6. The summed E-state index contributed by atoms with van der Waals surface area (Å²) in [7, 11) is 0. The molecule has 0 radical (unpaired) electrons. The second kappa shape index (κ2) is 16.0. The van der Waals surface area contributed by atoms with E-state index in [0.29, 0.717) is 30.0 Å². The molecule has 0 aromatic heterocycles. The van der Waals surface area contributed by atoms with Gasteiger partial charge in [-0.25, -0.2) is 0 Å². The summed E-state index contributed by atoms with van der Waals surface area (Å²) in [6, 6.07) is 10.9. The molecule has 5 fully saturated rings. The van der Waals surface area contributed by atoms with Gasteiger partial charge in [-0.15, -0.1) is 0 Å². The molecule has 0 amide bonds. The van der Waals surface area contributed by atoms with Gasteiger partial charge >= 0.3 is 11.9 Å². The zero-order chi connectivity index (χ0) is 41.9. The van der Waals surface area contributed by atoms with Crippen LogP contribution in [0.1, 0.15) is 139 Å². The molecule has 5 aliphatic carbocycles. The van der Waals surface area contributed by atoms with Crippen LogP contribution in [0.4, 0.5) is 0 Å². The van der Waals surface area contributed by atoms with Crippen LogP contribution in [0.3, 0.4) is 0 Å². The third-order valence-corrected chi connectivity index (χ3v) is 17.9. The van der Waals surface area contributed by atoms with E-state index < -0.39 is 17.4 Å². The highest BCUT2D eigenvalue weighted by Gasteiger charge is 2.70. The van der Waals surface area contributed by atoms with Crippen LogP contribution in [-0.2, 0) is 30.4 Å². The molecule has 7 unspecified atom stereocenters. The molecule has 0 spiro atoms. The van der Waals surface area contributed by atoms with E-state index in [2.05, 4.69) is 88.6 Å². The lowest BCUT2D eigenvalue weighted by atomic mass is 9.33. The molecule has 1 aliphatic heterocycles. The zero-order valence-electron chi connectivity index (χ0n) is 37.6. The molecule has 4 saturated carbocycles. The number of aliphatic carboxylic acids is 1. The number of esters is 1. The maximum absolute atomic E-state index is 14.4. The number of ether oxygens (including phenoxy) is 2. The number of carboxylic acids is 1. The molecule has 1 heterocycles. The lowest BCUT2D eigenvalue weighted by molar-refractivity contribution is -0.233. The number of nitrogens with zero attached hydrogens (tertiary/aromatic N) is 2. The first-order chi connectivity index (χ1) is 27.3. The molecule has 58 heavy (non-hydrogen) atoms. The monoisotopic (exact) mass is 801 g/mol. The van der Waals surface area contributed by atoms with E-state index >= 15 is 0 Å². The highest BCUT2D eigenvalue weighted by Crippen LogP contribution is 2.77. The van der Waals surface area contributed by atoms with Crippen LogP contribution >= 0.6 is 0 Å².